The van der Waals surface area contributed by atoms with Crippen LogP contribution in [-0.4, -0.2) is 28.3 Å². The highest BCUT2D eigenvalue weighted by Gasteiger charge is 2.12. The molecule has 0 atom stereocenters. The Bertz CT molecular complexity index is 382. The van der Waals surface area contributed by atoms with Crippen LogP contribution in [0.3, 0.4) is 0 Å². The Morgan fingerprint density at radius 1 is 1.29 bits per heavy atom. The van der Waals surface area contributed by atoms with Crippen molar-refractivity contribution in [1.82, 2.24) is 5.32 Å². The topological polar surface area (TPSA) is 69.6 Å². The highest BCUT2D eigenvalue weighted by atomic mass is 16.4. The SMILES string of the molecule is CC(C)(O)CNCc1ccccc1CC(=O)O. The van der Waals surface area contributed by atoms with Crippen molar-refractivity contribution in [1.29, 1.82) is 0 Å². The van der Waals surface area contributed by atoms with E-state index in [1.165, 1.54) is 0 Å². The molecule has 0 fully saturated rings. The molecule has 4 nitrogen and oxygen atoms in total. The molecule has 0 radical (unpaired) electrons. The first kappa shape index (κ1) is 13.7. The minimum Gasteiger partial charge on any atom is -0.481 e. The second-order valence-corrected chi connectivity index (χ2v) is 4.76. The largest absolute Gasteiger partial charge is 0.481 e. The maximum Gasteiger partial charge on any atom is 0.307 e. The first-order valence-electron chi connectivity index (χ1n) is 5.60. The summed E-state index contributed by atoms with van der Waals surface area (Å²) in [5.74, 6) is -0.833. The number of rotatable bonds is 6. The molecule has 0 amide bonds. The summed E-state index contributed by atoms with van der Waals surface area (Å²) in [7, 11) is 0. The Hall–Kier alpha value is -1.39. The lowest BCUT2D eigenvalue weighted by Crippen LogP contribution is -2.34. The van der Waals surface area contributed by atoms with Crippen molar-refractivity contribution in [3.8, 4) is 0 Å². The summed E-state index contributed by atoms with van der Waals surface area (Å²) < 4.78 is 0. The molecule has 17 heavy (non-hydrogen) atoms. The van der Waals surface area contributed by atoms with Gasteiger partial charge in [0, 0.05) is 13.1 Å². The number of hydrogen-bond donors (Lipinski definition) is 3. The van der Waals surface area contributed by atoms with Crippen molar-refractivity contribution in [2.75, 3.05) is 6.54 Å². The third kappa shape index (κ3) is 5.47. The molecule has 1 aromatic carbocycles. The molecule has 0 saturated carbocycles. The molecule has 1 rings (SSSR count). The number of aliphatic carboxylic acids is 1. The van der Waals surface area contributed by atoms with Crippen LogP contribution in [0.1, 0.15) is 25.0 Å². The summed E-state index contributed by atoms with van der Waals surface area (Å²) in [5, 5.41) is 21.5. The van der Waals surface area contributed by atoms with Gasteiger partial charge in [-0.25, -0.2) is 0 Å². The average Bonchev–Trinajstić information content (AvgIpc) is 2.18. The van der Waals surface area contributed by atoms with Crippen molar-refractivity contribution in [3.05, 3.63) is 35.4 Å². The van der Waals surface area contributed by atoms with Crippen LogP contribution in [0.5, 0.6) is 0 Å². The van der Waals surface area contributed by atoms with E-state index in [0.717, 1.165) is 11.1 Å². The number of benzene rings is 1. The van der Waals surface area contributed by atoms with Gasteiger partial charge >= 0.3 is 5.97 Å². The van der Waals surface area contributed by atoms with E-state index in [1.807, 2.05) is 24.3 Å². The van der Waals surface area contributed by atoms with Crippen molar-refractivity contribution in [2.24, 2.45) is 0 Å². The normalized spacial score (nSPS) is 11.5. The molecule has 0 unspecified atom stereocenters. The van der Waals surface area contributed by atoms with Gasteiger partial charge in [0.15, 0.2) is 0 Å². The van der Waals surface area contributed by atoms with Gasteiger partial charge in [-0.05, 0) is 25.0 Å². The van der Waals surface area contributed by atoms with Crippen LogP contribution in [0.25, 0.3) is 0 Å². The molecule has 0 aliphatic carbocycles. The van der Waals surface area contributed by atoms with Gasteiger partial charge in [-0.15, -0.1) is 0 Å². The van der Waals surface area contributed by atoms with Gasteiger partial charge in [0.1, 0.15) is 0 Å². The number of carbonyl (C=O) groups is 1. The van der Waals surface area contributed by atoms with Crippen LogP contribution in [0.2, 0.25) is 0 Å². The summed E-state index contributed by atoms with van der Waals surface area (Å²) in [6, 6.07) is 7.43. The average molecular weight is 237 g/mol. The summed E-state index contributed by atoms with van der Waals surface area (Å²) >= 11 is 0. The van der Waals surface area contributed by atoms with Crippen LogP contribution in [0.15, 0.2) is 24.3 Å². The lowest BCUT2D eigenvalue weighted by molar-refractivity contribution is -0.136. The van der Waals surface area contributed by atoms with Gasteiger partial charge in [-0.3, -0.25) is 4.79 Å². The van der Waals surface area contributed by atoms with E-state index in [9.17, 15) is 9.90 Å². The minimum absolute atomic E-state index is 0.0281. The first-order chi connectivity index (χ1) is 7.88. The van der Waals surface area contributed by atoms with Gasteiger partial charge in [-0.1, -0.05) is 24.3 Å². The Morgan fingerprint density at radius 2 is 1.88 bits per heavy atom. The number of nitrogens with one attached hydrogen (secondary N) is 1. The maximum absolute atomic E-state index is 10.7. The van der Waals surface area contributed by atoms with Crippen LogP contribution in [0.4, 0.5) is 0 Å². The smallest absolute Gasteiger partial charge is 0.307 e. The van der Waals surface area contributed by atoms with Gasteiger partial charge in [-0.2, -0.15) is 0 Å². The first-order valence-corrected chi connectivity index (χ1v) is 5.60. The molecule has 1 aromatic rings. The Balaban J connectivity index is 2.61. The molecule has 0 aliphatic heterocycles. The second-order valence-electron chi connectivity index (χ2n) is 4.76. The molecule has 94 valence electrons. The van der Waals surface area contributed by atoms with Crippen LogP contribution in [-0.2, 0) is 17.8 Å². The minimum atomic E-state index is -0.833. The monoisotopic (exact) mass is 237 g/mol. The van der Waals surface area contributed by atoms with Gasteiger partial charge in [0.25, 0.3) is 0 Å². The fraction of sp³-hybridized carbons (Fsp3) is 0.462. The lowest BCUT2D eigenvalue weighted by atomic mass is 10.0. The fourth-order valence-corrected chi connectivity index (χ4v) is 1.57. The van der Waals surface area contributed by atoms with Crippen molar-refractivity contribution < 1.29 is 15.0 Å². The number of aliphatic hydroxyl groups is 1. The van der Waals surface area contributed by atoms with Crippen LogP contribution in [0, 0.1) is 0 Å². The molecular formula is C13H19NO3. The van der Waals surface area contributed by atoms with E-state index in [4.69, 9.17) is 5.11 Å². The van der Waals surface area contributed by atoms with E-state index < -0.39 is 11.6 Å². The van der Waals surface area contributed by atoms with E-state index in [1.54, 1.807) is 13.8 Å². The zero-order chi connectivity index (χ0) is 12.9. The van der Waals surface area contributed by atoms with E-state index in [-0.39, 0.29) is 6.42 Å². The molecule has 0 aromatic heterocycles. The Kier molecular flexibility index (Phi) is 4.66. The fourth-order valence-electron chi connectivity index (χ4n) is 1.57. The molecule has 0 aliphatic rings. The molecule has 0 saturated heterocycles. The van der Waals surface area contributed by atoms with Gasteiger partial charge < -0.3 is 15.5 Å². The highest BCUT2D eigenvalue weighted by molar-refractivity contribution is 5.70. The molecule has 4 heteroatoms. The Labute approximate surface area is 101 Å². The molecular weight excluding hydrogens is 218 g/mol. The summed E-state index contributed by atoms with van der Waals surface area (Å²) in [6.45, 7) is 4.48. The molecule has 0 bridgehead atoms. The summed E-state index contributed by atoms with van der Waals surface area (Å²) in [6.07, 6.45) is 0.0281. The standard InChI is InChI=1S/C13H19NO3/c1-13(2,17)9-14-8-11-6-4-3-5-10(11)7-12(15)16/h3-6,14,17H,7-9H2,1-2H3,(H,15,16). The number of hydrogen-bond acceptors (Lipinski definition) is 3. The highest BCUT2D eigenvalue weighted by Crippen LogP contribution is 2.10. The number of carboxylic acid groups (broad SMARTS) is 1. The zero-order valence-corrected chi connectivity index (χ0v) is 10.2. The van der Waals surface area contributed by atoms with E-state index in [0.29, 0.717) is 13.1 Å². The van der Waals surface area contributed by atoms with Crippen LogP contribution < -0.4 is 5.32 Å². The molecule has 0 heterocycles. The maximum atomic E-state index is 10.7. The second kappa shape index (κ2) is 5.80. The quantitative estimate of drug-likeness (QED) is 0.694. The van der Waals surface area contributed by atoms with Gasteiger partial charge in [0.05, 0.1) is 12.0 Å². The third-order valence-corrected chi connectivity index (χ3v) is 2.33. The molecule has 0 spiro atoms. The Morgan fingerprint density at radius 3 is 2.41 bits per heavy atom. The van der Waals surface area contributed by atoms with Crippen LogP contribution >= 0.6 is 0 Å². The summed E-state index contributed by atoms with van der Waals surface area (Å²) in [4.78, 5) is 10.7. The van der Waals surface area contributed by atoms with E-state index in [2.05, 4.69) is 5.32 Å². The predicted octanol–water partition coefficient (Wildman–Crippen LogP) is 1.17. The predicted molar refractivity (Wildman–Crippen MR) is 65.8 cm³/mol. The number of carboxylic acids is 1. The van der Waals surface area contributed by atoms with Crippen molar-refractivity contribution >= 4 is 5.97 Å². The van der Waals surface area contributed by atoms with Crippen molar-refractivity contribution in [3.63, 3.8) is 0 Å². The third-order valence-electron chi connectivity index (χ3n) is 2.33. The zero-order valence-electron chi connectivity index (χ0n) is 10.2. The lowest BCUT2D eigenvalue weighted by Gasteiger charge is -2.18. The van der Waals surface area contributed by atoms with Gasteiger partial charge in [0.2, 0.25) is 0 Å². The molecule has 3 N–H and O–H groups in total. The van der Waals surface area contributed by atoms with E-state index >= 15 is 0 Å². The van der Waals surface area contributed by atoms with Crippen molar-refractivity contribution in [2.45, 2.75) is 32.4 Å². The summed E-state index contributed by atoms with van der Waals surface area (Å²) in [5.41, 5.74) is 1.00.